The monoisotopic (exact) mass is 609 g/mol. The molecular formula is C32H36ClN3O5S. The molecular weight excluding hydrogens is 574 g/mol. The van der Waals surface area contributed by atoms with Crippen molar-refractivity contribution < 1.29 is 24.2 Å². The van der Waals surface area contributed by atoms with Crippen molar-refractivity contribution in [1.82, 2.24) is 9.55 Å². The Labute approximate surface area is 254 Å². The summed E-state index contributed by atoms with van der Waals surface area (Å²) in [6.45, 7) is 5.73. The predicted octanol–water partition coefficient (Wildman–Crippen LogP) is 8.07. The molecule has 4 aromatic rings. The molecule has 2 heterocycles. The van der Waals surface area contributed by atoms with E-state index in [9.17, 15) is 14.7 Å². The Morgan fingerprint density at radius 3 is 2.50 bits per heavy atom. The molecule has 1 amide bonds. The molecule has 1 aliphatic rings. The summed E-state index contributed by atoms with van der Waals surface area (Å²) in [4.78, 5) is 31.7. The topological polar surface area (TPSA) is 103 Å². The standard InChI is InChI=1S/C32H36ClN3O5S/c1-17-11-12-24-21(13-17)19(3)29(36(24)16-27(37)38)31(39)35-32-34-28(22-14-26(41-5)23(33)15-25(22)40-4)30(42-32)18(2)20-9-7-6-8-10-20/h11-15,18,20H,6-10,16H2,1-5H3,(H,37,38)(H,34,35,39). The first-order valence-corrected chi connectivity index (χ1v) is 15.4. The highest BCUT2D eigenvalue weighted by Crippen LogP contribution is 2.47. The summed E-state index contributed by atoms with van der Waals surface area (Å²) >= 11 is 7.87. The Kier molecular flexibility index (Phi) is 8.80. The van der Waals surface area contributed by atoms with Crippen LogP contribution in [0.3, 0.4) is 0 Å². The van der Waals surface area contributed by atoms with Gasteiger partial charge >= 0.3 is 5.97 Å². The van der Waals surface area contributed by atoms with Gasteiger partial charge in [-0.1, -0.05) is 49.4 Å². The second-order valence-corrected chi connectivity index (χ2v) is 12.5. The number of halogens is 1. The Hall–Kier alpha value is -3.56. The Morgan fingerprint density at radius 1 is 1.12 bits per heavy atom. The van der Waals surface area contributed by atoms with E-state index >= 15 is 0 Å². The van der Waals surface area contributed by atoms with Crippen LogP contribution in [0.25, 0.3) is 22.2 Å². The number of thiazole rings is 1. The van der Waals surface area contributed by atoms with Gasteiger partial charge in [0.2, 0.25) is 0 Å². The van der Waals surface area contributed by atoms with Gasteiger partial charge in [0, 0.05) is 27.4 Å². The Morgan fingerprint density at radius 2 is 1.83 bits per heavy atom. The molecule has 1 aliphatic carbocycles. The molecule has 1 atom stereocenters. The number of aromatic nitrogens is 2. The van der Waals surface area contributed by atoms with E-state index in [1.807, 2.05) is 38.1 Å². The van der Waals surface area contributed by atoms with Crippen molar-refractivity contribution in [2.45, 2.75) is 65.3 Å². The van der Waals surface area contributed by atoms with Crippen LogP contribution in [0.5, 0.6) is 11.5 Å². The van der Waals surface area contributed by atoms with Crippen LogP contribution < -0.4 is 14.8 Å². The van der Waals surface area contributed by atoms with Gasteiger partial charge in [0.15, 0.2) is 5.13 Å². The second-order valence-electron chi connectivity index (χ2n) is 11.0. The number of carboxylic acids is 1. The van der Waals surface area contributed by atoms with Gasteiger partial charge in [-0.25, -0.2) is 4.98 Å². The van der Waals surface area contributed by atoms with Crippen LogP contribution in [0.15, 0.2) is 30.3 Å². The van der Waals surface area contributed by atoms with Crippen LogP contribution in [-0.4, -0.2) is 40.8 Å². The average molecular weight is 610 g/mol. The molecule has 2 aromatic heterocycles. The number of carbonyl (C=O) groups excluding carboxylic acids is 1. The molecule has 0 saturated heterocycles. The van der Waals surface area contributed by atoms with E-state index in [0.29, 0.717) is 38.8 Å². The Balaban J connectivity index is 1.60. The summed E-state index contributed by atoms with van der Waals surface area (Å²) in [5, 5.41) is 14.4. The molecule has 2 aromatic carbocycles. The van der Waals surface area contributed by atoms with E-state index in [1.54, 1.807) is 24.9 Å². The van der Waals surface area contributed by atoms with Crippen LogP contribution in [0.2, 0.25) is 5.02 Å². The number of anilines is 1. The molecule has 222 valence electrons. The largest absolute Gasteiger partial charge is 0.496 e. The molecule has 42 heavy (non-hydrogen) atoms. The highest BCUT2D eigenvalue weighted by Gasteiger charge is 2.30. The zero-order valence-electron chi connectivity index (χ0n) is 24.5. The first-order valence-electron chi connectivity index (χ1n) is 14.2. The van der Waals surface area contributed by atoms with E-state index < -0.39 is 11.9 Å². The summed E-state index contributed by atoms with van der Waals surface area (Å²) in [7, 11) is 3.16. The number of aryl methyl sites for hydroxylation is 2. The summed E-state index contributed by atoms with van der Waals surface area (Å²) in [6.07, 6.45) is 5.96. The van der Waals surface area contributed by atoms with Gasteiger partial charge in [0.05, 0.1) is 24.9 Å². The number of carbonyl (C=O) groups is 2. The number of hydrogen-bond acceptors (Lipinski definition) is 6. The molecule has 1 saturated carbocycles. The van der Waals surface area contributed by atoms with Crippen LogP contribution in [0.4, 0.5) is 5.13 Å². The molecule has 0 bridgehead atoms. The lowest BCUT2D eigenvalue weighted by Gasteiger charge is -2.27. The summed E-state index contributed by atoms with van der Waals surface area (Å²) in [5.74, 6) is 0.356. The third kappa shape index (κ3) is 5.72. The summed E-state index contributed by atoms with van der Waals surface area (Å²) in [6, 6.07) is 9.31. The normalized spacial score (nSPS) is 14.6. The molecule has 1 fully saturated rings. The number of rotatable bonds is 9. The smallest absolute Gasteiger partial charge is 0.323 e. The zero-order chi connectivity index (χ0) is 30.1. The molecule has 0 radical (unpaired) electrons. The van der Waals surface area contributed by atoms with Crippen molar-refractivity contribution in [2.24, 2.45) is 5.92 Å². The predicted molar refractivity (Wildman–Crippen MR) is 168 cm³/mol. The summed E-state index contributed by atoms with van der Waals surface area (Å²) in [5.41, 5.74) is 4.23. The first kappa shape index (κ1) is 29.9. The fraction of sp³-hybridized carbons (Fsp3) is 0.406. The quantitative estimate of drug-likeness (QED) is 0.199. The van der Waals surface area contributed by atoms with E-state index in [2.05, 4.69) is 12.2 Å². The van der Waals surface area contributed by atoms with Gasteiger partial charge < -0.3 is 19.1 Å². The molecule has 0 aliphatic heterocycles. The minimum Gasteiger partial charge on any atom is -0.496 e. The molecule has 1 unspecified atom stereocenters. The fourth-order valence-electron chi connectivity index (χ4n) is 6.17. The second kappa shape index (κ2) is 12.4. The van der Waals surface area contributed by atoms with Crippen molar-refractivity contribution in [3.8, 4) is 22.8 Å². The lowest BCUT2D eigenvalue weighted by molar-refractivity contribution is -0.137. The van der Waals surface area contributed by atoms with Crippen LogP contribution in [-0.2, 0) is 11.3 Å². The van der Waals surface area contributed by atoms with Crippen molar-refractivity contribution in [2.75, 3.05) is 19.5 Å². The molecule has 8 nitrogen and oxygen atoms in total. The third-order valence-electron chi connectivity index (χ3n) is 8.35. The van der Waals surface area contributed by atoms with Gasteiger partial charge in [0.25, 0.3) is 5.91 Å². The van der Waals surface area contributed by atoms with Gasteiger partial charge in [-0.05, 0) is 62.3 Å². The number of amides is 1. The molecule has 0 spiro atoms. The lowest BCUT2D eigenvalue weighted by Crippen LogP contribution is -2.20. The fourth-order valence-corrected chi connectivity index (χ4v) is 7.52. The minimum absolute atomic E-state index is 0.206. The third-order valence-corrected chi connectivity index (χ3v) is 9.82. The number of aliphatic carboxylic acids is 1. The molecule has 5 rings (SSSR count). The van der Waals surface area contributed by atoms with Crippen molar-refractivity contribution in [3.05, 3.63) is 57.1 Å². The number of hydrogen-bond donors (Lipinski definition) is 2. The number of nitrogens with zero attached hydrogens (tertiary/aromatic N) is 2. The van der Waals surface area contributed by atoms with E-state index in [4.69, 9.17) is 26.1 Å². The maximum atomic E-state index is 13.9. The van der Waals surface area contributed by atoms with Gasteiger partial charge in [-0.15, -0.1) is 11.3 Å². The van der Waals surface area contributed by atoms with E-state index in [-0.39, 0.29) is 12.5 Å². The number of fused-ring (bicyclic) bond motifs is 1. The number of methoxy groups -OCH3 is 2. The van der Waals surface area contributed by atoms with Crippen LogP contribution in [0, 0.1) is 19.8 Å². The average Bonchev–Trinajstić information content (AvgIpc) is 3.50. The maximum absolute atomic E-state index is 13.9. The highest BCUT2D eigenvalue weighted by atomic mass is 35.5. The number of carboxylic acid groups (broad SMARTS) is 1. The number of nitrogens with one attached hydrogen (secondary N) is 1. The minimum atomic E-state index is -1.02. The van der Waals surface area contributed by atoms with E-state index in [0.717, 1.165) is 45.5 Å². The van der Waals surface area contributed by atoms with Gasteiger partial charge in [-0.2, -0.15) is 0 Å². The maximum Gasteiger partial charge on any atom is 0.323 e. The van der Waals surface area contributed by atoms with Crippen LogP contribution in [0.1, 0.15) is 71.4 Å². The van der Waals surface area contributed by atoms with Crippen molar-refractivity contribution >= 4 is 50.8 Å². The molecule has 10 heteroatoms. The van der Waals surface area contributed by atoms with Crippen LogP contribution >= 0.6 is 22.9 Å². The highest BCUT2D eigenvalue weighted by molar-refractivity contribution is 7.16. The zero-order valence-corrected chi connectivity index (χ0v) is 26.1. The Bertz CT molecular complexity index is 1650. The first-order chi connectivity index (χ1) is 20.1. The van der Waals surface area contributed by atoms with Gasteiger partial charge in [-0.3, -0.25) is 14.9 Å². The summed E-state index contributed by atoms with van der Waals surface area (Å²) < 4.78 is 12.8. The van der Waals surface area contributed by atoms with Crippen molar-refractivity contribution in [3.63, 3.8) is 0 Å². The van der Waals surface area contributed by atoms with Crippen molar-refractivity contribution in [1.29, 1.82) is 0 Å². The number of ether oxygens (including phenoxy) is 2. The number of benzene rings is 2. The SMILES string of the molecule is COc1cc(-c2nc(NC(=O)c3c(C)c4cc(C)ccc4n3CC(=O)O)sc2C(C)C2CCCCC2)c(OC)cc1Cl. The molecule has 2 N–H and O–H groups in total. The van der Waals surface area contributed by atoms with Gasteiger partial charge in [0.1, 0.15) is 23.7 Å². The van der Waals surface area contributed by atoms with E-state index in [1.165, 1.54) is 30.6 Å². The lowest BCUT2D eigenvalue weighted by atomic mass is 9.79.